The van der Waals surface area contributed by atoms with Crippen molar-refractivity contribution in [3.8, 4) is 28.3 Å². The van der Waals surface area contributed by atoms with Crippen LogP contribution in [0.15, 0.2) is 36.5 Å². The zero-order chi connectivity index (χ0) is 24.0. The molecule has 0 bridgehead atoms. The summed E-state index contributed by atoms with van der Waals surface area (Å²) in [6.45, 7) is 5.77. The first-order valence-electron chi connectivity index (χ1n) is 11.5. The van der Waals surface area contributed by atoms with Crippen molar-refractivity contribution in [1.29, 1.82) is 0 Å². The summed E-state index contributed by atoms with van der Waals surface area (Å²) in [5.74, 6) is 0.844. The molecule has 0 unspecified atom stereocenters. The Balaban J connectivity index is 1.77. The van der Waals surface area contributed by atoms with Crippen molar-refractivity contribution in [1.82, 2.24) is 15.0 Å². The Bertz CT molecular complexity index is 1350. The van der Waals surface area contributed by atoms with Crippen LogP contribution in [-0.4, -0.2) is 41.2 Å². The van der Waals surface area contributed by atoms with Gasteiger partial charge in [0.25, 0.3) is 0 Å². The number of nitrogens with one attached hydrogen (secondary N) is 1. The Morgan fingerprint density at radius 2 is 1.79 bits per heavy atom. The maximum atomic E-state index is 14.2. The highest BCUT2D eigenvalue weighted by Crippen LogP contribution is 2.43. The minimum absolute atomic E-state index is 0.182. The molecule has 4 aromatic rings. The summed E-state index contributed by atoms with van der Waals surface area (Å²) in [4.78, 5) is 14.9. The van der Waals surface area contributed by atoms with Gasteiger partial charge >= 0.3 is 0 Å². The van der Waals surface area contributed by atoms with Crippen LogP contribution in [0.4, 0.5) is 15.9 Å². The summed E-state index contributed by atoms with van der Waals surface area (Å²) in [5.41, 5.74) is 19.8. The number of piperidine rings is 1. The van der Waals surface area contributed by atoms with Gasteiger partial charge in [-0.1, -0.05) is 29.3 Å². The van der Waals surface area contributed by atoms with Crippen molar-refractivity contribution < 1.29 is 9.13 Å². The summed E-state index contributed by atoms with van der Waals surface area (Å²) >= 11 is 0. The van der Waals surface area contributed by atoms with Crippen LogP contribution in [0.1, 0.15) is 24.0 Å². The van der Waals surface area contributed by atoms with Gasteiger partial charge in [0.1, 0.15) is 28.7 Å². The van der Waals surface area contributed by atoms with Gasteiger partial charge in [-0.15, -0.1) is 0 Å². The second-order valence-electron chi connectivity index (χ2n) is 9.07. The van der Waals surface area contributed by atoms with Crippen molar-refractivity contribution >= 4 is 22.5 Å². The first-order valence-corrected chi connectivity index (χ1v) is 11.5. The Morgan fingerprint density at radius 1 is 1.09 bits per heavy atom. The minimum Gasteiger partial charge on any atom is -0.494 e. The molecule has 0 spiro atoms. The maximum absolute atomic E-state index is 14.2. The summed E-state index contributed by atoms with van der Waals surface area (Å²) in [6.07, 6.45) is 3.60. The van der Waals surface area contributed by atoms with E-state index < -0.39 is 5.82 Å². The van der Waals surface area contributed by atoms with E-state index in [-0.39, 0.29) is 6.04 Å². The van der Waals surface area contributed by atoms with Gasteiger partial charge in [-0.3, -0.25) is 0 Å². The van der Waals surface area contributed by atoms with Crippen LogP contribution >= 0.6 is 0 Å². The van der Waals surface area contributed by atoms with Crippen LogP contribution in [-0.2, 0) is 0 Å². The fourth-order valence-corrected chi connectivity index (χ4v) is 4.87. The van der Waals surface area contributed by atoms with E-state index in [1.54, 1.807) is 0 Å². The first kappa shape index (κ1) is 22.2. The van der Waals surface area contributed by atoms with Crippen LogP contribution in [0.3, 0.4) is 0 Å². The number of aromatic nitrogens is 3. The van der Waals surface area contributed by atoms with Gasteiger partial charge in [-0.25, -0.2) is 14.4 Å². The van der Waals surface area contributed by atoms with E-state index >= 15 is 0 Å². The third-order valence-corrected chi connectivity index (χ3v) is 6.44. The number of hydrogen-bond acceptors (Lipinski definition) is 6. The molecule has 0 amide bonds. The van der Waals surface area contributed by atoms with E-state index in [1.807, 2.05) is 6.20 Å². The minimum atomic E-state index is -0.403. The lowest BCUT2D eigenvalue weighted by Crippen LogP contribution is -2.40. The summed E-state index contributed by atoms with van der Waals surface area (Å²) in [5, 5.41) is 0. The summed E-state index contributed by atoms with van der Waals surface area (Å²) < 4.78 is 19.5. The van der Waals surface area contributed by atoms with Gasteiger partial charge in [-0.05, 0) is 38.3 Å². The zero-order valence-corrected chi connectivity index (χ0v) is 19.7. The monoisotopic (exact) mass is 460 g/mol. The maximum Gasteiger partial charge on any atom is 0.149 e. The van der Waals surface area contributed by atoms with Crippen molar-refractivity contribution in [2.75, 3.05) is 30.8 Å². The molecule has 5 rings (SSSR count). The molecule has 2 aromatic carbocycles. The van der Waals surface area contributed by atoms with Crippen molar-refractivity contribution in [3.63, 3.8) is 0 Å². The number of H-pyrrole nitrogens is 1. The molecule has 1 aliphatic heterocycles. The highest BCUT2D eigenvalue weighted by atomic mass is 19.1. The first-order chi connectivity index (χ1) is 16.3. The molecule has 1 aliphatic rings. The van der Waals surface area contributed by atoms with Gasteiger partial charge in [-0.2, -0.15) is 0 Å². The predicted octanol–water partition coefficient (Wildman–Crippen LogP) is 4.57. The third-order valence-electron chi connectivity index (χ3n) is 6.44. The fraction of sp³-hybridized carbons (Fsp3) is 0.308. The van der Waals surface area contributed by atoms with Crippen LogP contribution in [0.2, 0.25) is 0 Å². The number of benzene rings is 2. The molecule has 2 aromatic heterocycles. The highest BCUT2D eigenvalue weighted by Gasteiger charge is 2.27. The summed E-state index contributed by atoms with van der Waals surface area (Å²) in [7, 11) is 1.50. The van der Waals surface area contributed by atoms with Crippen molar-refractivity contribution in [3.05, 3.63) is 53.5 Å². The largest absolute Gasteiger partial charge is 0.494 e. The number of ether oxygens (including phenoxy) is 1. The fourth-order valence-electron chi connectivity index (χ4n) is 4.87. The average Bonchev–Trinajstić information content (AvgIpc) is 3.21. The van der Waals surface area contributed by atoms with E-state index in [2.05, 4.69) is 46.9 Å². The lowest BCUT2D eigenvalue weighted by molar-refractivity contribution is 0.416. The number of nitrogens with zero attached hydrogens (tertiary/aromatic N) is 3. The number of hydrogen-bond donors (Lipinski definition) is 3. The Kier molecular flexibility index (Phi) is 5.61. The smallest absolute Gasteiger partial charge is 0.149 e. The van der Waals surface area contributed by atoms with E-state index in [9.17, 15) is 4.39 Å². The third kappa shape index (κ3) is 3.94. The molecule has 5 N–H and O–H groups in total. The second kappa shape index (κ2) is 8.61. The number of aryl methyl sites for hydroxylation is 2. The lowest BCUT2D eigenvalue weighted by Gasteiger charge is -2.35. The molecule has 0 aliphatic carbocycles. The number of anilines is 2. The van der Waals surface area contributed by atoms with E-state index in [0.29, 0.717) is 34.0 Å². The molecule has 8 heteroatoms. The number of halogens is 1. The normalized spacial score (nSPS) is 14.7. The molecule has 176 valence electrons. The molecule has 0 saturated carbocycles. The van der Waals surface area contributed by atoms with Crippen LogP contribution in [0, 0.1) is 19.7 Å². The molecule has 0 radical (unpaired) electrons. The average molecular weight is 461 g/mol. The van der Waals surface area contributed by atoms with Crippen molar-refractivity contribution in [2.45, 2.75) is 32.7 Å². The van der Waals surface area contributed by atoms with Gasteiger partial charge in [0.15, 0.2) is 0 Å². The van der Waals surface area contributed by atoms with Crippen LogP contribution in [0.25, 0.3) is 33.5 Å². The Morgan fingerprint density at radius 3 is 2.47 bits per heavy atom. The molecule has 3 heterocycles. The predicted molar refractivity (Wildman–Crippen MR) is 135 cm³/mol. The standard InChI is InChI=1S/C26H29FN6O/c1-14-8-15(2)10-16(9-14)19-13-30-25(29)22(24(19)33-6-4-18(28)5-7-33)26-31-20-11-17(27)12-21(34-3)23(20)32-26/h8-13,18H,4-7,28H2,1-3H3,(H2,29,30)(H,31,32). The van der Waals surface area contributed by atoms with E-state index in [1.165, 1.54) is 30.4 Å². The Labute approximate surface area is 198 Å². The van der Waals surface area contributed by atoms with Gasteiger partial charge in [0, 0.05) is 37.0 Å². The van der Waals surface area contributed by atoms with Gasteiger partial charge in [0.05, 0.1) is 23.9 Å². The number of pyridine rings is 1. The lowest BCUT2D eigenvalue weighted by atomic mass is 9.96. The number of imidazole rings is 1. The van der Waals surface area contributed by atoms with E-state index in [0.717, 1.165) is 42.7 Å². The molecule has 1 fully saturated rings. The highest BCUT2D eigenvalue weighted by molar-refractivity contribution is 5.96. The van der Waals surface area contributed by atoms with Gasteiger partial charge in [0.2, 0.25) is 0 Å². The van der Waals surface area contributed by atoms with Crippen LogP contribution in [0.5, 0.6) is 5.75 Å². The molecule has 0 atom stereocenters. The zero-order valence-electron chi connectivity index (χ0n) is 19.7. The summed E-state index contributed by atoms with van der Waals surface area (Å²) in [6, 6.07) is 9.37. The number of methoxy groups -OCH3 is 1. The molecule has 7 nitrogen and oxygen atoms in total. The Hall–Kier alpha value is -3.65. The van der Waals surface area contributed by atoms with Crippen LogP contribution < -0.4 is 21.1 Å². The molecule has 34 heavy (non-hydrogen) atoms. The topological polar surface area (TPSA) is 106 Å². The number of nitrogen functional groups attached to an aromatic ring is 1. The molecule has 1 saturated heterocycles. The quantitative estimate of drug-likeness (QED) is 0.412. The van der Waals surface area contributed by atoms with Crippen molar-refractivity contribution in [2.24, 2.45) is 5.73 Å². The molecular weight excluding hydrogens is 431 g/mol. The molecular formula is C26H29FN6O. The number of fused-ring (bicyclic) bond motifs is 1. The second-order valence-corrected chi connectivity index (χ2v) is 9.07. The number of nitrogens with two attached hydrogens (primary N) is 2. The van der Waals surface area contributed by atoms with E-state index in [4.69, 9.17) is 21.2 Å². The van der Waals surface area contributed by atoms with Gasteiger partial charge < -0.3 is 26.1 Å². The number of rotatable bonds is 4. The number of aromatic amines is 1. The SMILES string of the molecule is COc1cc(F)cc2[nH]c(-c3c(N)ncc(-c4cc(C)cc(C)c4)c3N3CCC(N)CC3)nc12.